The first-order chi connectivity index (χ1) is 16.0. The summed E-state index contributed by atoms with van der Waals surface area (Å²) >= 11 is 0. The molecular formula is C25H24N2O6. The molecule has 2 heterocycles. The van der Waals surface area contributed by atoms with E-state index in [0.29, 0.717) is 24.5 Å². The highest BCUT2D eigenvalue weighted by Gasteiger charge is 2.33. The Balaban J connectivity index is 1.31. The standard InChI is InChI=1S/C25H24N2O6/c1-25(17-32-24(29)27-14-13-26-18-27)15-30-22(31-16-25)12-11-19-7-5-6-10-21(19)33-23(28)20-8-3-2-4-9-20/h2-14,18,22H,15-17H2,1H3/b12-11+. The lowest BCUT2D eigenvalue weighted by atomic mass is 9.93. The summed E-state index contributed by atoms with van der Waals surface area (Å²) in [6, 6.07) is 16.0. The summed E-state index contributed by atoms with van der Waals surface area (Å²) in [6.07, 6.45) is 6.89. The molecule has 1 fully saturated rings. The predicted molar refractivity (Wildman–Crippen MR) is 120 cm³/mol. The van der Waals surface area contributed by atoms with Crippen molar-refractivity contribution >= 4 is 18.1 Å². The first-order valence-electron chi connectivity index (χ1n) is 10.5. The number of hydrogen-bond acceptors (Lipinski definition) is 7. The summed E-state index contributed by atoms with van der Waals surface area (Å²) in [5, 5.41) is 0. The third kappa shape index (κ3) is 5.94. The van der Waals surface area contributed by atoms with Crippen molar-refractivity contribution in [2.75, 3.05) is 19.8 Å². The Morgan fingerprint density at radius 3 is 2.58 bits per heavy atom. The first kappa shape index (κ1) is 22.4. The molecule has 1 saturated heterocycles. The molecule has 8 nitrogen and oxygen atoms in total. The minimum Gasteiger partial charge on any atom is -0.448 e. The first-order valence-corrected chi connectivity index (χ1v) is 10.5. The van der Waals surface area contributed by atoms with Crippen LogP contribution in [0.25, 0.3) is 6.08 Å². The molecule has 1 aromatic heterocycles. The number of ether oxygens (including phenoxy) is 4. The van der Waals surface area contributed by atoms with Crippen LogP contribution in [0.15, 0.2) is 79.4 Å². The summed E-state index contributed by atoms with van der Waals surface area (Å²) < 4.78 is 23.8. The second kappa shape index (κ2) is 10.2. The van der Waals surface area contributed by atoms with Crippen molar-refractivity contribution in [3.63, 3.8) is 0 Å². The number of aromatic nitrogens is 2. The fourth-order valence-corrected chi connectivity index (χ4v) is 3.15. The van der Waals surface area contributed by atoms with Crippen LogP contribution in [0.3, 0.4) is 0 Å². The van der Waals surface area contributed by atoms with Gasteiger partial charge >= 0.3 is 12.1 Å². The van der Waals surface area contributed by atoms with E-state index in [0.717, 1.165) is 5.56 Å². The molecule has 0 saturated carbocycles. The van der Waals surface area contributed by atoms with Crippen molar-refractivity contribution in [3.05, 3.63) is 90.5 Å². The Labute approximate surface area is 191 Å². The molecule has 0 atom stereocenters. The molecule has 3 aromatic rings. The van der Waals surface area contributed by atoms with Gasteiger partial charge in [0, 0.05) is 23.4 Å². The van der Waals surface area contributed by atoms with Gasteiger partial charge in [0.15, 0.2) is 6.29 Å². The summed E-state index contributed by atoms with van der Waals surface area (Å²) in [5.74, 6) is 0.0114. The lowest BCUT2D eigenvalue weighted by Gasteiger charge is -2.35. The number of para-hydroxylation sites is 1. The van der Waals surface area contributed by atoms with Gasteiger partial charge in [0.1, 0.15) is 18.7 Å². The molecule has 0 N–H and O–H groups in total. The van der Waals surface area contributed by atoms with Gasteiger partial charge in [-0.05, 0) is 24.3 Å². The van der Waals surface area contributed by atoms with Crippen LogP contribution in [0, 0.1) is 5.41 Å². The Kier molecular flexibility index (Phi) is 6.97. The number of nitrogens with zero attached hydrogens (tertiary/aromatic N) is 2. The van der Waals surface area contributed by atoms with Gasteiger partial charge < -0.3 is 18.9 Å². The largest absolute Gasteiger partial charge is 0.448 e. The molecule has 33 heavy (non-hydrogen) atoms. The van der Waals surface area contributed by atoms with Crippen LogP contribution in [0.1, 0.15) is 22.8 Å². The van der Waals surface area contributed by atoms with Crippen molar-refractivity contribution in [1.82, 2.24) is 9.55 Å². The molecule has 170 valence electrons. The van der Waals surface area contributed by atoms with E-state index >= 15 is 0 Å². The van der Waals surface area contributed by atoms with E-state index < -0.39 is 23.8 Å². The second-order valence-electron chi connectivity index (χ2n) is 7.98. The number of carbonyl (C=O) groups is 2. The number of imidazole rings is 1. The van der Waals surface area contributed by atoms with Crippen molar-refractivity contribution in [2.45, 2.75) is 13.2 Å². The zero-order valence-electron chi connectivity index (χ0n) is 18.1. The Bertz CT molecular complexity index is 1100. The molecule has 0 bridgehead atoms. The molecule has 1 aliphatic rings. The van der Waals surface area contributed by atoms with Crippen molar-refractivity contribution in [1.29, 1.82) is 0 Å². The van der Waals surface area contributed by atoms with Crippen LogP contribution in [-0.2, 0) is 14.2 Å². The number of hydrogen-bond donors (Lipinski definition) is 0. The lowest BCUT2D eigenvalue weighted by Crippen LogP contribution is -2.42. The fourth-order valence-electron chi connectivity index (χ4n) is 3.15. The molecule has 2 aromatic carbocycles. The molecule has 8 heteroatoms. The van der Waals surface area contributed by atoms with Gasteiger partial charge in [0.25, 0.3) is 0 Å². The van der Waals surface area contributed by atoms with Crippen LogP contribution in [0.5, 0.6) is 5.75 Å². The van der Waals surface area contributed by atoms with Crippen molar-refractivity contribution in [2.24, 2.45) is 5.41 Å². The molecule has 0 amide bonds. The van der Waals surface area contributed by atoms with Crippen LogP contribution in [0.2, 0.25) is 0 Å². The average molecular weight is 448 g/mol. The molecular weight excluding hydrogens is 424 g/mol. The lowest BCUT2D eigenvalue weighted by molar-refractivity contribution is -0.209. The summed E-state index contributed by atoms with van der Waals surface area (Å²) in [7, 11) is 0. The monoisotopic (exact) mass is 448 g/mol. The van der Waals surface area contributed by atoms with Crippen LogP contribution >= 0.6 is 0 Å². The van der Waals surface area contributed by atoms with Gasteiger partial charge in [-0.3, -0.25) is 0 Å². The SMILES string of the molecule is CC1(COC(=O)n2ccnc2)COC(/C=C/c2ccccc2OC(=O)c2ccccc2)OC1. The molecule has 0 unspecified atom stereocenters. The average Bonchev–Trinajstić information content (AvgIpc) is 3.39. The summed E-state index contributed by atoms with van der Waals surface area (Å²) in [4.78, 5) is 28.2. The zero-order valence-corrected chi connectivity index (χ0v) is 18.1. The number of carbonyl (C=O) groups excluding carboxylic acids is 2. The molecule has 1 aliphatic heterocycles. The van der Waals surface area contributed by atoms with Gasteiger partial charge in [-0.15, -0.1) is 0 Å². The van der Waals surface area contributed by atoms with Crippen LogP contribution in [0.4, 0.5) is 4.79 Å². The van der Waals surface area contributed by atoms with E-state index in [4.69, 9.17) is 18.9 Å². The predicted octanol–water partition coefficient (Wildman–Crippen LogP) is 4.18. The molecule has 0 radical (unpaired) electrons. The van der Waals surface area contributed by atoms with E-state index in [1.165, 1.54) is 23.3 Å². The maximum absolute atomic E-state index is 12.4. The van der Waals surface area contributed by atoms with Crippen LogP contribution < -0.4 is 4.74 Å². The summed E-state index contributed by atoms with van der Waals surface area (Å²) in [5.41, 5.74) is 0.726. The fraction of sp³-hybridized carbons (Fsp3) is 0.240. The van der Waals surface area contributed by atoms with Gasteiger partial charge in [0.05, 0.1) is 18.8 Å². The molecule has 0 spiro atoms. The third-order valence-electron chi connectivity index (χ3n) is 5.02. The third-order valence-corrected chi connectivity index (χ3v) is 5.02. The van der Waals surface area contributed by atoms with E-state index in [1.54, 1.807) is 48.6 Å². The molecule has 0 aliphatic carbocycles. The highest BCUT2D eigenvalue weighted by atomic mass is 16.7. The van der Waals surface area contributed by atoms with Gasteiger partial charge in [-0.2, -0.15) is 0 Å². The minimum absolute atomic E-state index is 0.152. The Hall–Kier alpha value is -3.75. The molecule has 4 rings (SSSR count). The Morgan fingerprint density at radius 2 is 1.85 bits per heavy atom. The van der Waals surface area contributed by atoms with Gasteiger partial charge in [-0.1, -0.05) is 49.4 Å². The number of rotatable bonds is 6. The normalized spacial score (nSPS) is 20.5. The highest BCUT2D eigenvalue weighted by molar-refractivity contribution is 5.91. The van der Waals surface area contributed by atoms with Crippen LogP contribution in [-0.4, -0.2) is 47.7 Å². The maximum atomic E-state index is 12.4. The minimum atomic E-state index is -0.569. The van der Waals surface area contributed by atoms with E-state index in [-0.39, 0.29) is 6.61 Å². The van der Waals surface area contributed by atoms with E-state index in [9.17, 15) is 9.59 Å². The maximum Gasteiger partial charge on any atom is 0.419 e. The van der Waals surface area contributed by atoms with Gasteiger partial charge in [-0.25, -0.2) is 19.1 Å². The number of benzene rings is 2. The van der Waals surface area contributed by atoms with Crippen molar-refractivity contribution < 1.29 is 28.5 Å². The van der Waals surface area contributed by atoms with E-state index in [1.807, 2.05) is 25.1 Å². The smallest absolute Gasteiger partial charge is 0.419 e. The van der Waals surface area contributed by atoms with Gasteiger partial charge in [0.2, 0.25) is 0 Å². The topological polar surface area (TPSA) is 88.9 Å². The summed E-state index contributed by atoms with van der Waals surface area (Å²) in [6.45, 7) is 2.78. The Morgan fingerprint density at radius 1 is 1.12 bits per heavy atom. The second-order valence-corrected chi connectivity index (χ2v) is 7.98. The van der Waals surface area contributed by atoms with E-state index in [2.05, 4.69) is 4.98 Å². The number of esters is 1. The zero-order chi connectivity index (χ0) is 23.1. The quantitative estimate of drug-likeness (QED) is 0.413. The van der Waals surface area contributed by atoms with Crippen molar-refractivity contribution in [3.8, 4) is 5.75 Å². The highest BCUT2D eigenvalue weighted by Crippen LogP contribution is 2.27.